The van der Waals surface area contributed by atoms with Crippen molar-refractivity contribution in [1.82, 2.24) is 14.1 Å². The Morgan fingerprint density at radius 1 is 1.25 bits per heavy atom. The maximum Gasteiger partial charge on any atom is 0.238 e. The van der Waals surface area contributed by atoms with E-state index in [0.29, 0.717) is 19.7 Å². The fraction of sp³-hybridized carbons (Fsp3) is 0.308. The van der Waals surface area contributed by atoms with Gasteiger partial charge in [-0.15, -0.1) is 0 Å². The molecule has 2 heterocycles. The summed E-state index contributed by atoms with van der Waals surface area (Å²) in [7, 11) is -3.33. The number of sulfonamides is 1. The third-order valence-electron chi connectivity index (χ3n) is 3.20. The number of hydrogen-bond acceptors (Lipinski definition) is 4. The van der Waals surface area contributed by atoms with E-state index in [1.165, 1.54) is 4.31 Å². The highest BCUT2D eigenvalue weighted by molar-refractivity contribution is 7.88. The summed E-state index contributed by atoms with van der Waals surface area (Å²) in [6, 6.07) is 9.49. The number of para-hydroxylation sites is 1. The highest BCUT2D eigenvalue weighted by Crippen LogP contribution is 2.19. The molecule has 0 amide bonds. The van der Waals surface area contributed by atoms with Crippen molar-refractivity contribution in [1.29, 1.82) is 0 Å². The molecule has 0 atom stereocenters. The molecule has 6 nitrogen and oxygen atoms in total. The summed E-state index contributed by atoms with van der Waals surface area (Å²) in [6.07, 6.45) is 3.54. The SMILES string of the molecule is O=S1(=O)COCCN1Cc1ccccc1-n1cccn1. The van der Waals surface area contributed by atoms with Crippen LogP contribution in [0.1, 0.15) is 5.56 Å². The van der Waals surface area contributed by atoms with Crippen LogP contribution in [0.25, 0.3) is 5.69 Å². The zero-order valence-corrected chi connectivity index (χ0v) is 11.7. The van der Waals surface area contributed by atoms with Gasteiger partial charge in [0.05, 0.1) is 12.3 Å². The normalized spacial score (nSPS) is 19.0. The average Bonchev–Trinajstić information content (AvgIpc) is 2.95. The summed E-state index contributed by atoms with van der Waals surface area (Å²) >= 11 is 0. The molecule has 0 bridgehead atoms. The summed E-state index contributed by atoms with van der Waals surface area (Å²) < 4.78 is 32.1. The molecule has 1 fully saturated rings. The first-order valence-corrected chi connectivity index (χ1v) is 7.91. The molecule has 1 saturated heterocycles. The predicted molar refractivity (Wildman–Crippen MR) is 73.7 cm³/mol. The van der Waals surface area contributed by atoms with Gasteiger partial charge in [-0.3, -0.25) is 0 Å². The van der Waals surface area contributed by atoms with Crippen molar-refractivity contribution < 1.29 is 13.2 Å². The lowest BCUT2D eigenvalue weighted by molar-refractivity contribution is 0.130. The minimum Gasteiger partial charge on any atom is -0.363 e. The Kier molecular flexibility index (Phi) is 3.56. The maximum atomic E-state index is 12.0. The quantitative estimate of drug-likeness (QED) is 0.846. The van der Waals surface area contributed by atoms with Crippen molar-refractivity contribution in [3.63, 3.8) is 0 Å². The Balaban J connectivity index is 1.92. The van der Waals surface area contributed by atoms with Gasteiger partial charge >= 0.3 is 0 Å². The summed E-state index contributed by atoms with van der Waals surface area (Å²) in [5.41, 5.74) is 1.81. The van der Waals surface area contributed by atoms with Gasteiger partial charge in [-0.1, -0.05) is 18.2 Å². The van der Waals surface area contributed by atoms with Crippen molar-refractivity contribution in [2.75, 3.05) is 19.1 Å². The first kappa shape index (κ1) is 13.3. The highest BCUT2D eigenvalue weighted by atomic mass is 32.2. The highest BCUT2D eigenvalue weighted by Gasteiger charge is 2.27. The number of rotatable bonds is 3. The maximum absolute atomic E-state index is 12.0. The molecule has 106 valence electrons. The number of hydrogen-bond donors (Lipinski definition) is 0. The molecule has 2 aromatic rings. The first-order chi connectivity index (χ1) is 9.67. The van der Waals surface area contributed by atoms with Gasteiger partial charge in [-0.05, 0) is 17.7 Å². The van der Waals surface area contributed by atoms with E-state index in [1.807, 2.05) is 36.5 Å². The van der Waals surface area contributed by atoms with Crippen LogP contribution >= 0.6 is 0 Å². The standard InChI is InChI=1S/C13H15N3O3S/c17-20(18)11-19-9-8-15(20)10-12-4-1-2-5-13(12)16-7-3-6-14-16/h1-7H,8-11H2. The fourth-order valence-corrected chi connectivity index (χ4v) is 3.36. The zero-order chi connectivity index (χ0) is 14.0. The summed E-state index contributed by atoms with van der Waals surface area (Å²) in [4.78, 5) is 0. The van der Waals surface area contributed by atoms with E-state index < -0.39 is 10.0 Å². The van der Waals surface area contributed by atoms with Gasteiger partial charge in [0.1, 0.15) is 0 Å². The number of benzene rings is 1. The largest absolute Gasteiger partial charge is 0.363 e. The average molecular weight is 293 g/mol. The molecule has 1 aliphatic heterocycles. The molecule has 20 heavy (non-hydrogen) atoms. The van der Waals surface area contributed by atoms with Crippen LogP contribution in [0.2, 0.25) is 0 Å². The van der Waals surface area contributed by atoms with Gasteiger partial charge in [0.25, 0.3) is 0 Å². The molecule has 0 spiro atoms. The molecule has 7 heteroatoms. The van der Waals surface area contributed by atoms with Crippen molar-refractivity contribution in [3.05, 3.63) is 48.3 Å². The van der Waals surface area contributed by atoms with Gasteiger partial charge in [-0.2, -0.15) is 9.40 Å². The third-order valence-corrected chi connectivity index (χ3v) is 4.76. The molecule has 0 unspecified atom stereocenters. The Morgan fingerprint density at radius 3 is 2.85 bits per heavy atom. The second kappa shape index (κ2) is 5.35. The molecule has 1 aromatic heterocycles. The minimum absolute atomic E-state index is 0.239. The minimum atomic E-state index is -3.33. The second-order valence-corrected chi connectivity index (χ2v) is 6.47. The van der Waals surface area contributed by atoms with Gasteiger partial charge < -0.3 is 4.74 Å². The lowest BCUT2D eigenvalue weighted by Gasteiger charge is -2.27. The van der Waals surface area contributed by atoms with Crippen LogP contribution in [0.15, 0.2) is 42.7 Å². The molecular formula is C13H15N3O3S. The van der Waals surface area contributed by atoms with Gasteiger partial charge in [-0.25, -0.2) is 13.1 Å². The fourth-order valence-electron chi connectivity index (χ4n) is 2.19. The topological polar surface area (TPSA) is 64.4 Å². The summed E-state index contributed by atoms with van der Waals surface area (Å²) in [6.45, 7) is 1.15. The van der Waals surface area contributed by atoms with Gasteiger partial charge in [0.15, 0.2) is 5.94 Å². The Labute approximate surface area is 117 Å². The van der Waals surface area contributed by atoms with E-state index >= 15 is 0 Å². The van der Waals surface area contributed by atoms with E-state index in [9.17, 15) is 8.42 Å². The van der Waals surface area contributed by atoms with Gasteiger partial charge in [0, 0.05) is 25.5 Å². The van der Waals surface area contributed by atoms with Crippen LogP contribution in [0.5, 0.6) is 0 Å². The van der Waals surface area contributed by atoms with Crippen LogP contribution in [-0.2, 0) is 21.3 Å². The zero-order valence-electron chi connectivity index (χ0n) is 10.8. The van der Waals surface area contributed by atoms with Crippen LogP contribution in [0.4, 0.5) is 0 Å². The monoisotopic (exact) mass is 293 g/mol. The molecular weight excluding hydrogens is 278 g/mol. The van der Waals surface area contributed by atoms with Crippen LogP contribution < -0.4 is 0 Å². The van der Waals surface area contributed by atoms with E-state index in [4.69, 9.17) is 4.74 Å². The predicted octanol–water partition coefficient (Wildman–Crippen LogP) is 0.992. The lowest BCUT2D eigenvalue weighted by Crippen LogP contribution is -2.40. The van der Waals surface area contributed by atoms with E-state index in [2.05, 4.69) is 5.10 Å². The number of nitrogens with zero attached hydrogens (tertiary/aromatic N) is 3. The van der Waals surface area contributed by atoms with Crippen molar-refractivity contribution in [2.24, 2.45) is 0 Å². The van der Waals surface area contributed by atoms with Crippen LogP contribution in [0, 0.1) is 0 Å². The molecule has 1 aliphatic rings. The Hall–Kier alpha value is -1.70. The summed E-state index contributed by atoms with van der Waals surface area (Å²) in [5.74, 6) is -0.239. The van der Waals surface area contributed by atoms with Crippen molar-refractivity contribution in [3.8, 4) is 5.69 Å². The van der Waals surface area contributed by atoms with E-state index in [0.717, 1.165) is 11.3 Å². The van der Waals surface area contributed by atoms with E-state index in [1.54, 1.807) is 10.9 Å². The molecule has 0 aliphatic carbocycles. The Morgan fingerprint density at radius 2 is 2.10 bits per heavy atom. The third kappa shape index (κ3) is 2.60. The number of ether oxygens (including phenoxy) is 1. The molecule has 0 radical (unpaired) electrons. The Bertz CT molecular complexity index is 683. The van der Waals surface area contributed by atoms with E-state index in [-0.39, 0.29) is 5.94 Å². The second-order valence-electron chi connectivity index (χ2n) is 4.55. The molecule has 3 rings (SSSR count). The molecule has 1 aromatic carbocycles. The smallest absolute Gasteiger partial charge is 0.238 e. The van der Waals surface area contributed by atoms with Crippen molar-refractivity contribution in [2.45, 2.75) is 6.54 Å². The number of aromatic nitrogens is 2. The lowest BCUT2D eigenvalue weighted by atomic mass is 10.2. The first-order valence-electron chi connectivity index (χ1n) is 6.30. The summed E-state index contributed by atoms with van der Waals surface area (Å²) in [5, 5.41) is 4.20. The van der Waals surface area contributed by atoms with Crippen LogP contribution in [-0.4, -0.2) is 41.6 Å². The molecule has 0 saturated carbocycles. The van der Waals surface area contributed by atoms with Crippen molar-refractivity contribution >= 4 is 10.0 Å². The molecule has 0 N–H and O–H groups in total. The van der Waals surface area contributed by atoms with Crippen LogP contribution in [0.3, 0.4) is 0 Å². The van der Waals surface area contributed by atoms with Gasteiger partial charge in [0.2, 0.25) is 10.0 Å².